The molecule has 29 heavy (non-hydrogen) atoms. The Hall–Kier alpha value is -3.59. The van der Waals surface area contributed by atoms with Gasteiger partial charge in [-0.05, 0) is 73.9 Å². The number of hydrogen-bond donors (Lipinski definition) is 1. The first-order valence-electron chi connectivity index (χ1n) is 9.69. The monoisotopic (exact) mass is 388 g/mol. The number of hydrogen-bond acceptors (Lipinski definition) is 3. The highest BCUT2D eigenvalue weighted by molar-refractivity contribution is 6.03. The summed E-state index contributed by atoms with van der Waals surface area (Å²) in [6.45, 7) is 1.90. The van der Waals surface area contributed by atoms with Gasteiger partial charge in [0, 0.05) is 30.7 Å². The molecule has 0 unspecified atom stereocenters. The van der Waals surface area contributed by atoms with Crippen LogP contribution in [0, 0.1) is 17.1 Å². The van der Waals surface area contributed by atoms with Gasteiger partial charge in [-0.2, -0.15) is 5.26 Å². The molecule has 0 atom stereocenters. The first-order chi connectivity index (χ1) is 14.2. The quantitative estimate of drug-likeness (QED) is 0.703. The topological polar surface area (TPSA) is 61.1 Å². The van der Waals surface area contributed by atoms with Crippen LogP contribution in [0.4, 0.5) is 15.8 Å². The summed E-state index contributed by atoms with van der Waals surface area (Å²) < 4.78 is 14.9. The van der Waals surface area contributed by atoms with Crippen LogP contribution in [0.5, 0.6) is 0 Å². The molecule has 1 aromatic heterocycles. The highest BCUT2D eigenvalue weighted by Gasteiger charge is 2.17. The molecule has 0 radical (unpaired) electrons. The lowest BCUT2D eigenvalue weighted by atomic mass is 10.1. The van der Waals surface area contributed by atoms with E-state index in [1.165, 1.54) is 18.6 Å². The molecule has 1 amide bonds. The molecule has 2 aromatic carbocycles. The number of nitriles is 1. The van der Waals surface area contributed by atoms with Crippen LogP contribution in [0.1, 0.15) is 35.3 Å². The zero-order chi connectivity index (χ0) is 20.2. The van der Waals surface area contributed by atoms with Gasteiger partial charge in [0.05, 0.1) is 11.3 Å². The van der Waals surface area contributed by atoms with E-state index in [4.69, 9.17) is 0 Å². The van der Waals surface area contributed by atoms with Crippen molar-refractivity contribution in [3.8, 4) is 11.8 Å². The van der Waals surface area contributed by atoms with E-state index in [0.29, 0.717) is 22.6 Å². The Kier molecular flexibility index (Phi) is 5.30. The molecule has 0 aliphatic carbocycles. The number of aromatic nitrogens is 1. The van der Waals surface area contributed by atoms with Gasteiger partial charge in [-0.25, -0.2) is 4.39 Å². The Labute approximate surface area is 169 Å². The van der Waals surface area contributed by atoms with E-state index >= 15 is 0 Å². The average Bonchev–Trinajstić information content (AvgIpc) is 3.25. The highest BCUT2D eigenvalue weighted by Crippen LogP contribution is 2.27. The van der Waals surface area contributed by atoms with Crippen molar-refractivity contribution in [2.24, 2.45) is 0 Å². The van der Waals surface area contributed by atoms with Crippen LogP contribution in [0.15, 0.2) is 60.8 Å². The lowest BCUT2D eigenvalue weighted by Gasteiger charge is -2.29. The van der Waals surface area contributed by atoms with Crippen molar-refractivity contribution in [1.82, 2.24) is 4.57 Å². The van der Waals surface area contributed by atoms with Crippen molar-refractivity contribution >= 4 is 17.3 Å². The van der Waals surface area contributed by atoms with Gasteiger partial charge in [0.1, 0.15) is 17.6 Å². The fraction of sp³-hybridized carbons (Fsp3) is 0.217. The van der Waals surface area contributed by atoms with E-state index in [-0.39, 0.29) is 11.7 Å². The Balaban J connectivity index is 1.56. The second-order valence-corrected chi connectivity index (χ2v) is 7.09. The molecule has 0 bridgehead atoms. The molecule has 6 heteroatoms. The number of carbonyl (C=O) groups is 1. The Morgan fingerprint density at radius 2 is 1.79 bits per heavy atom. The zero-order valence-electron chi connectivity index (χ0n) is 15.9. The standard InChI is InChI=1S/C23H21FN4O/c24-18-6-9-20(10-7-18)28-14-4-5-22(28)23(29)26-19-8-11-21(17(15-19)16-25)27-12-2-1-3-13-27/h4-11,14-15H,1-3,12-13H2,(H,26,29). The molecule has 2 heterocycles. The molecule has 0 spiro atoms. The summed E-state index contributed by atoms with van der Waals surface area (Å²) in [5.74, 6) is -0.626. The number of nitrogens with one attached hydrogen (secondary N) is 1. The molecule has 1 N–H and O–H groups in total. The van der Waals surface area contributed by atoms with E-state index in [1.807, 2.05) is 12.1 Å². The van der Waals surface area contributed by atoms with Crippen LogP contribution >= 0.6 is 0 Å². The largest absolute Gasteiger partial charge is 0.370 e. The van der Waals surface area contributed by atoms with E-state index in [0.717, 1.165) is 31.6 Å². The number of nitrogens with zero attached hydrogens (tertiary/aromatic N) is 3. The van der Waals surface area contributed by atoms with Gasteiger partial charge in [-0.1, -0.05) is 0 Å². The Bertz CT molecular complexity index is 1060. The normalized spacial score (nSPS) is 13.7. The maximum atomic E-state index is 13.2. The third-order valence-corrected chi connectivity index (χ3v) is 5.16. The third-order valence-electron chi connectivity index (χ3n) is 5.16. The van der Waals surface area contributed by atoms with Crippen LogP contribution < -0.4 is 10.2 Å². The van der Waals surface area contributed by atoms with Crippen molar-refractivity contribution in [2.45, 2.75) is 19.3 Å². The number of piperidine rings is 1. The lowest BCUT2D eigenvalue weighted by molar-refractivity contribution is 0.102. The minimum atomic E-state index is -0.329. The molecule has 1 fully saturated rings. The Morgan fingerprint density at radius 3 is 2.52 bits per heavy atom. The summed E-state index contributed by atoms with van der Waals surface area (Å²) in [5.41, 5.74) is 3.16. The average molecular weight is 388 g/mol. The molecule has 146 valence electrons. The smallest absolute Gasteiger partial charge is 0.272 e. The van der Waals surface area contributed by atoms with E-state index in [9.17, 15) is 14.4 Å². The number of carbonyl (C=O) groups excluding carboxylic acids is 1. The van der Waals surface area contributed by atoms with Crippen molar-refractivity contribution in [2.75, 3.05) is 23.3 Å². The lowest BCUT2D eigenvalue weighted by Crippen LogP contribution is -2.30. The van der Waals surface area contributed by atoms with Crippen molar-refractivity contribution < 1.29 is 9.18 Å². The van der Waals surface area contributed by atoms with Gasteiger partial charge >= 0.3 is 0 Å². The van der Waals surface area contributed by atoms with Crippen LogP contribution in [0.2, 0.25) is 0 Å². The van der Waals surface area contributed by atoms with E-state index < -0.39 is 0 Å². The summed E-state index contributed by atoms with van der Waals surface area (Å²) in [6.07, 6.45) is 5.23. The second kappa shape index (κ2) is 8.19. The fourth-order valence-corrected chi connectivity index (χ4v) is 3.70. The van der Waals surface area contributed by atoms with Crippen LogP contribution in [0.25, 0.3) is 5.69 Å². The van der Waals surface area contributed by atoms with Crippen LogP contribution in [0.3, 0.4) is 0 Å². The van der Waals surface area contributed by atoms with Gasteiger partial charge in [0.25, 0.3) is 5.91 Å². The van der Waals surface area contributed by atoms with Gasteiger partial charge in [0.15, 0.2) is 0 Å². The molecule has 1 aliphatic rings. The maximum absolute atomic E-state index is 13.2. The zero-order valence-corrected chi connectivity index (χ0v) is 15.9. The predicted molar refractivity (Wildman–Crippen MR) is 111 cm³/mol. The number of halogens is 1. The number of amides is 1. The van der Waals surface area contributed by atoms with Gasteiger partial charge < -0.3 is 14.8 Å². The summed E-state index contributed by atoms with van der Waals surface area (Å²) in [6, 6.07) is 17.1. The van der Waals surface area contributed by atoms with Crippen molar-refractivity contribution in [3.63, 3.8) is 0 Å². The van der Waals surface area contributed by atoms with Crippen LogP contribution in [-0.4, -0.2) is 23.6 Å². The summed E-state index contributed by atoms with van der Waals surface area (Å²) in [4.78, 5) is 15.1. The molecular formula is C23H21FN4O. The molecule has 0 saturated carbocycles. The van der Waals surface area contributed by atoms with E-state index in [2.05, 4.69) is 16.3 Å². The van der Waals surface area contributed by atoms with E-state index in [1.54, 1.807) is 41.1 Å². The summed E-state index contributed by atoms with van der Waals surface area (Å²) >= 11 is 0. The van der Waals surface area contributed by atoms with Crippen molar-refractivity contribution in [1.29, 1.82) is 5.26 Å². The SMILES string of the molecule is N#Cc1cc(NC(=O)c2cccn2-c2ccc(F)cc2)ccc1N1CCCCC1. The van der Waals surface area contributed by atoms with Gasteiger partial charge in [-0.3, -0.25) is 4.79 Å². The summed E-state index contributed by atoms with van der Waals surface area (Å²) in [7, 11) is 0. The summed E-state index contributed by atoms with van der Waals surface area (Å²) in [5, 5.41) is 12.4. The minimum Gasteiger partial charge on any atom is -0.370 e. The number of anilines is 2. The van der Waals surface area contributed by atoms with Gasteiger partial charge in [0.2, 0.25) is 0 Å². The molecule has 5 nitrogen and oxygen atoms in total. The number of rotatable bonds is 4. The fourth-order valence-electron chi connectivity index (χ4n) is 3.70. The first kappa shape index (κ1) is 18.8. The molecule has 3 aromatic rings. The third kappa shape index (κ3) is 3.99. The first-order valence-corrected chi connectivity index (χ1v) is 9.69. The Morgan fingerprint density at radius 1 is 1.03 bits per heavy atom. The molecule has 4 rings (SSSR count). The number of benzene rings is 2. The highest BCUT2D eigenvalue weighted by atomic mass is 19.1. The minimum absolute atomic E-state index is 0.297. The van der Waals surface area contributed by atoms with Crippen molar-refractivity contribution in [3.05, 3.63) is 77.9 Å². The van der Waals surface area contributed by atoms with Gasteiger partial charge in [-0.15, -0.1) is 0 Å². The van der Waals surface area contributed by atoms with Crippen LogP contribution in [-0.2, 0) is 0 Å². The molecule has 1 aliphatic heterocycles. The maximum Gasteiger partial charge on any atom is 0.272 e. The predicted octanol–water partition coefficient (Wildman–Crippen LogP) is 4.73. The molecule has 1 saturated heterocycles. The molecular weight excluding hydrogens is 367 g/mol. The second-order valence-electron chi connectivity index (χ2n) is 7.09.